The molecule has 1 aliphatic carbocycles. The number of nitrogens with two attached hydrogens (primary N) is 1. The number of rotatable bonds is 4. The molecule has 0 aromatic carbocycles. The number of pyridine rings is 1. The lowest BCUT2D eigenvalue weighted by Gasteiger charge is -2.34. The summed E-state index contributed by atoms with van der Waals surface area (Å²) < 4.78 is 44.9. The van der Waals surface area contributed by atoms with Crippen LogP contribution in [0.1, 0.15) is 32.3 Å². The van der Waals surface area contributed by atoms with E-state index in [-0.39, 0.29) is 18.9 Å². The minimum Gasteiger partial charge on any atom is -0.474 e. The Morgan fingerprint density at radius 1 is 1.15 bits per heavy atom. The summed E-state index contributed by atoms with van der Waals surface area (Å²) in [5.41, 5.74) is 6.58. The highest BCUT2D eigenvalue weighted by Crippen LogP contribution is 2.45. The largest absolute Gasteiger partial charge is 0.474 e. The van der Waals surface area contributed by atoms with Gasteiger partial charge in [-0.25, -0.2) is 0 Å². The molecule has 2 aliphatic heterocycles. The van der Waals surface area contributed by atoms with E-state index in [0.29, 0.717) is 36.6 Å². The molecule has 1 unspecified atom stereocenters. The number of alkyl halides is 3. The summed E-state index contributed by atoms with van der Waals surface area (Å²) in [6, 6.07) is 3.75. The zero-order valence-corrected chi connectivity index (χ0v) is 15.7. The van der Waals surface area contributed by atoms with E-state index in [2.05, 4.69) is 10.3 Å². The normalized spacial score (nSPS) is 29.0. The monoisotopic (exact) mass is 384 g/mol. The Morgan fingerprint density at radius 2 is 1.78 bits per heavy atom. The highest BCUT2D eigenvalue weighted by molar-refractivity contribution is 5.46. The zero-order chi connectivity index (χ0) is 19.4. The fraction of sp³-hybridized carbons (Fsp3) is 0.737. The average molecular weight is 384 g/mol. The van der Waals surface area contributed by atoms with Gasteiger partial charge in [-0.2, -0.15) is 18.2 Å². The molecule has 0 bridgehead atoms. The molecule has 150 valence electrons. The van der Waals surface area contributed by atoms with E-state index in [1.165, 1.54) is 0 Å². The summed E-state index contributed by atoms with van der Waals surface area (Å²) in [7, 11) is 0. The molecule has 3 aliphatic rings. The number of piperidine rings is 2. The summed E-state index contributed by atoms with van der Waals surface area (Å²) in [5, 5.41) is 3.33. The van der Waals surface area contributed by atoms with Gasteiger partial charge in [-0.15, -0.1) is 0 Å². The number of fused-ring (bicyclic) bond motifs is 1. The molecule has 5 nitrogen and oxygen atoms in total. The molecule has 1 aromatic rings. The first-order chi connectivity index (χ1) is 12.6. The van der Waals surface area contributed by atoms with Gasteiger partial charge in [0.2, 0.25) is 5.88 Å². The predicted molar refractivity (Wildman–Crippen MR) is 96.7 cm³/mol. The van der Waals surface area contributed by atoms with Crippen molar-refractivity contribution in [2.45, 2.75) is 44.5 Å². The second kappa shape index (κ2) is 6.51. The van der Waals surface area contributed by atoms with Gasteiger partial charge in [-0.1, -0.05) is 0 Å². The van der Waals surface area contributed by atoms with Crippen LogP contribution < -0.4 is 20.7 Å². The molecule has 1 aromatic heterocycles. The maximum atomic E-state index is 12.9. The molecule has 3 heterocycles. The molecule has 2 saturated heterocycles. The van der Waals surface area contributed by atoms with E-state index < -0.39 is 17.6 Å². The van der Waals surface area contributed by atoms with Crippen LogP contribution in [0.3, 0.4) is 0 Å². The van der Waals surface area contributed by atoms with E-state index >= 15 is 0 Å². The number of aromatic nitrogens is 1. The van der Waals surface area contributed by atoms with Crippen molar-refractivity contribution in [3.8, 4) is 5.88 Å². The molecular weight excluding hydrogens is 357 g/mol. The standard InChI is InChI=1S/C19H27F3N4O/c1-18(2,23)12-7-15(26-5-3-11(4-6-26)19(20,21)22)25-16(8-12)27-17-13-9-24-10-14(13)17/h7-8,11,13-14,17,24H,3-6,9-10,23H2,1-2H3/t13-,14+,17?. The SMILES string of the molecule is CC(C)(N)c1cc(OC2[C@H]3CNC[C@@H]23)nc(N2CCC(C(F)(F)F)CC2)c1. The van der Waals surface area contributed by atoms with Crippen molar-refractivity contribution in [2.75, 3.05) is 31.1 Å². The van der Waals surface area contributed by atoms with Gasteiger partial charge in [0.15, 0.2) is 0 Å². The molecule has 0 spiro atoms. The quantitative estimate of drug-likeness (QED) is 0.836. The lowest BCUT2D eigenvalue weighted by molar-refractivity contribution is -0.179. The third kappa shape index (κ3) is 3.87. The number of nitrogens with zero attached hydrogens (tertiary/aromatic N) is 2. The fourth-order valence-corrected chi connectivity index (χ4v) is 4.20. The Bertz CT molecular complexity index is 685. The van der Waals surface area contributed by atoms with Crippen molar-refractivity contribution >= 4 is 5.82 Å². The molecule has 3 N–H and O–H groups in total. The third-order valence-corrected chi connectivity index (χ3v) is 6.08. The molecule has 27 heavy (non-hydrogen) atoms. The first-order valence-electron chi connectivity index (χ1n) is 9.63. The second-order valence-corrected chi connectivity index (χ2v) is 8.65. The average Bonchev–Trinajstić information content (AvgIpc) is 3.02. The van der Waals surface area contributed by atoms with Crippen LogP contribution in [0.2, 0.25) is 0 Å². The Hall–Kier alpha value is -1.54. The van der Waals surface area contributed by atoms with Gasteiger partial charge in [-0.3, -0.25) is 0 Å². The van der Waals surface area contributed by atoms with Crippen molar-refractivity contribution in [1.29, 1.82) is 0 Å². The maximum absolute atomic E-state index is 12.9. The first-order valence-corrected chi connectivity index (χ1v) is 9.63. The molecule has 0 radical (unpaired) electrons. The van der Waals surface area contributed by atoms with Crippen LogP contribution in [0.5, 0.6) is 5.88 Å². The number of ether oxygens (including phenoxy) is 1. The van der Waals surface area contributed by atoms with Gasteiger partial charge in [-0.05, 0) is 38.3 Å². The highest BCUT2D eigenvalue weighted by atomic mass is 19.4. The van der Waals surface area contributed by atoms with Gasteiger partial charge in [0, 0.05) is 49.6 Å². The molecular formula is C19H27F3N4O. The van der Waals surface area contributed by atoms with Gasteiger partial charge >= 0.3 is 6.18 Å². The van der Waals surface area contributed by atoms with Gasteiger partial charge in [0.1, 0.15) is 11.9 Å². The summed E-state index contributed by atoms with van der Waals surface area (Å²) >= 11 is 0. The van der Waals surface area contributed by atoms with E-state index in [0.717, 1.165) is 18.7 Å². The summed E-state index contributed by atoms with van der Waals surface area (Å²) in [4.78, 5) is 6.53. The van der Waals surface area contributed by atoms with Crippen LogP contribution in [0.15, 0.2) is 12.1 Å². The fourth-order valence-electron chi connectivity index (χ4n) is 4.20. The maximum Gasteiger partial charge on any atom is 0.391 e. The van der Waals surface area contributed by atoms with Crippen molar-refractivity contribution in [3.63, 3.8) is 0 Å². The smallest absolute Gasteiger partial charge is 0.391 e. The highest BCUT2D eigenvalue weighted by Gasteiger charge is 2.55. The number of halogens is 3. The van der Waals surface area contributed by atoms with Crippen LogP contribution in [0, 0.1) is 17.8 Å². The molecule has 0 amide bonds. The van der Waals surface area contributed by atoms with Gasteiger partial charge in [0.25, 0.3) is 0 Å². The van der Waals surface area contributed by atoms with E-state index in [1.807, 2.05) is 30.9 Å². The lowest BCUT2D eigenvalue weighted by atomic mass is 9.94. The van der Waals surface area contributed by atoms with Crippen LogP contribution in [-0.4, -0.2) is 43.4 Å². The van der Waals surface area contributed by atoms with Crippen molar-refractivity contribution < 1.29 is 17.9 Å². The van der Waals surface area contributed by atoms with E-state index in [1.54, 1.807) is 0 Å². The number of hydrogen-bond acceptors (Lipinski definition) is 5. The Kier molecular flexibility index (Phi) is 4.54. The Balaban J connectivity index is 1.52. The number of nitrogens with one attached hydrogen (secondary N) is 1. The summed E-state index contributed by atoms with van der Waals surface area (Å²) in [6.45, 7) is 6.42. The van der Waals surface area contributed by atoms with Crippen molar-refractivity contribution in [1.82, 2.24) is 10.3 Å². The number of hydrogen-bond donors (Lipinski definition) is 2. The van der Waals surface area contributed by atoms with Crippen molar-refractivity contribution in [3.05, 3.63) is 17.7 Å². The minimum atomic E-state index is -4.12. The minimum absolute atomic E-state index is 0.0933. The van der Waals surface area contributed by atoms with E-state index in [9.17, 15) is 13.2 Å². The summed E-state index contributed by atoms with van der Waals surface area (Å²) in [6.07, 6.45) is -3.75. The van der Waals surface area contributed by atoms with E-state index in [4.69, 9.17) is 10.5 Å². The first kappa shape index (κ1) is 18.8. The molecule has 3 atom stereocenters. The molecule has 1 saturated carbocycles. The Morgan fingerprint density at radius 3 is 2.33 bits per heavy atom. The number of anilines is 1. The topological polar surface area (TPSA) is 63.4 Å². The predicted octanol–water partition coefficient (Wildman–Crippen LogP) is 2.65. The van der Waals surface area contributed by atoms with Crippen LogP contribution in [-0.2, 0) is 5.54 Å². The third-order valence-electron chi connectivity index (χ3n) is 6.08. The second-order valence-electron chi connectivity index (χ2n) is 8.65. The lowest BCUT2D eigenvalue weighted by Crippen LogP contribution is -2.39. The zero-order valence-electron chi connectivity index (χ0n) is 15.7. The van der Waals surface area contributed by atoms with Gasteiger partial charge in [0.05, 0.1) is 5.92 Å². The molecule has 8 heteroatoms. The van der Waals surface area contributed by atoms with Gasteiger partial charge < -0.3 is 20.7 Å². The summed E-state index contributed by atoms with van der Waals surface area (Å²) in [5.74, 6) is 1.03. The van der Waals surface area contributed by atoms with Crippen molar-refractivity contribution in [2.24, 2.45) is 23.5 Å². The molecule has 4 rings (SSSR count). The van der Waals surface area contributed by atoms with Crippen LogP contribution >= 0.6 is 0 Å². The Labute approximate surface area is 157 Å². The van der Waals surface area contributed by atoms with Crippen LogP contribution in [0.4, 0.5) is 19.0 Å². The van der Waals surface area contributed by atoms with Crippen LogP contribution in [0.25, 0.3) is 0 Å². The molecule has 3 fully saturated rings.